The molecule has 88 valence electrons. The second-order valence-electron chi connectivity index (χ2n) is 5.30. The van der Waals surface area contributed by atoms with Crippen LogP contribution in [-0.2, 0) is 9.31 Å². The van der Waals surface area contributed by atoms with Crippen molar-refractivity contribution in [1.82, 2.24) is 0 Å². The van der Waals surface area contributed by atoms with Crippen LogP contribution in [0.5, 0.6) is 0 Å². The van der Waals surface area contributed by atoms with Gasteiger partial charge in [-0.15, -0.1) is 0 Å². The molecule has 0 radical (unpaired) electrons. The van der Waals surface area contributed by atoms with E-state index in [4.69, 9.17) is 15.9 Å². The number of hydrogen-bond acceptors (Lipinski definition) is 2. The summed E-state index contributed by atoms with van der Waals surface area (Å²) in [5.74, 6) is 0. The van der Waals surface area contributed by atoms with Gasteiger partial charge in [-0.1, -0.05) is 24.3 Å². The van der Waals surface area contributed by atoms with Gasteiger partial charge in [0.2, 0.25) is 0 Å². The van der Waals surface area contributed by atoms with Gasteiger partial charge in [-0.2, -0.15) is 0 Å². The molecule has 3 nitrogen and oxygen atoms in total. The van der Waals surface area contributed by atoms with Crippen LogP contribution in [0.1, 0.15) is 27.7 Å². The van der Waals surface area contributed by atoms with Crippen molar-refractivity contribution >= 4 is 18.3 Å². The SMILES string of the molecule is [C-]#[N+]c1cccc(B2OC(C)(C)C(C)(C)O2)c1. The topological polar surface area (TPSA) is 22.8 Å². The number of benzene rings is 1. The first-order valence-electron chi connectivity index (χ1n) is 5.69. The zero-order valence-electron chi connectivity index (χ0n) is 10.7. The third-order valence-electron chi connectivity index (χ3n) is 3.52. The van der Waals surface area contributed by atoms with Crippen molar-refractivity contribution in [3.8, 4) is 0 Å². The summed E-state index contributed by atoms with van der Waals surface area (Å²) in [5, 5.41) is 0. The minimum atomic E-state index is -0.387. The summed E-state index contributed by atoms with van der Waals surface area (Å²) in [6.07, 6.45) is 0. The Morgan fingerprint density at radius 3 is 2.24 bits per heavy atom. The van der Waals surface area contributed by atoms with Gasteiger partial charge in [-0.3, -0.25) is 0 Å². The highest BCUT2D eigenvalue weighted by Crippen LogP contribution is 2.36. The molecule has 1 aliphatic rings. The smallest absolute Gasteiger partial charge is 0.399 e. The second-order valence-corrected chi connectivity index (χ2v) is 5.30. The van der Waals surface area contributed by atoms with Crippen LogP contribution >= 0.6 is 0 Å². The molecule has 1 heterocycles. The maximum absolute atomic E-state index is 7.01. The maximum atomic E-state index is 7.01. The molecule has 17 heavy (non-hydrogen) atoms. The molecule has 1 fully saturated rings. The van der Waals surface area contributed by atoms with Gasteiger partial charge in [0.1, 0.15) is 0 Å². The molecule has 1 aromatic rings. The average molecular weight is 229 g/mol. The van der Waals surface area contributed by atoms with Crippen LogP contribution in [0.2, 0.25) is 0 Å². The van der Waals surface area contributed by atoms with Crippen LogP contribution in [0.3, 0.4) is 0 Å². The van der Waals surface area contributed by atoms with Gasteiger partial charge in [0.15, 0.2) is 5.69 Å². The molecule has 0 atom stereocenters. The van der Waals surface area contributed by atoms with Gasteiger partial charge < -0.3 is 9.31 Å². The predicted molar refractivity (Wildman–Crippen MR) is 68.4 cm³/mol. The first-order chi connectivity index (χ1) is 7.86. The zero-order chi connectivity index (χ0) is 12.7. The van der Waals surface area contributed by atoms with Gasteiger partial charge >= 0.3 is 7.12 Å². The first-order valence-corrected chi connectivity index (χ1v) is 5.69. The van der Waals surface area contributed by atoms with Crippen LogP contribution in [-0.4, -0.2) is 18.3 Å². The van der Waals surface area contributed by atoms with E-state index in [0.717, 1.165) is 5.46 Å². The van der Waals surface area contributed by atoms with Crippen molar-refractivity contribution in [2.24, 2.45) is 0 Å². The van der Waals surface area contributed by atoms with E-state index in [1.54, 1.807) is 6.07 Å². The molecule has 0 bridgehead atoms. The van der Waals surface area contributed by atoms with Crippen molar-refractivity contribution in [1.29, 1.82) is 0 Å². The van der Waals surface area contributed by atoms with Crippen molar-refractivity contribution in [3.05, 3.63) is 35.7 Å². The van der Waals surface area contributed by atoms with Gasteiger partial charge in [-0.25, -0.2) is 4.85 Å². The Morgan fingerprint density at radius 1 is 1.12 bits per heavy atom. The fraction of sp³-hybridized carbons (Fsp3) is 0.462. The van der Waals surface area contributed by atoms with E-state index in [0.29, 0.717) is 5.69 Å². The van der Waals surface area contributed by atoms with Crippen LogP contribution in [0.4, 0.5) is 5.69 Å². The Balaban J connectivity index is 2.29. The Bertz CT molecular complexity index is 461. The lowest BCUT2D eigenvalue weighted by Crippen LogP contribution is -2.41. The Labute approximate surface area is 103 Å². The van der Waals surface area contributed by atoms with Gasteiger partial charge in [0.25, 0.3) is 0 Å². The molecule has 1 aromatic carbocycles. The van der Waals surface area contributed by atoms with E-state index in [1.807, 2.05) is 45.9 Å². The van der Waals surface area contributed by atoms with E-state index in [9.17, 15) is 0 Å². The number of rotatable bonds is 1. The molecule has 0 spiro atoms. The molecular weight excluding hydrogens is 213 g/mol. The summed E-state index contributed by atoms with van der Waals surface area (Å²) in [5.41, 5.74) is 0.826. The third kappa shape index (κ3) is 2.09. The van der Waals surface area contributed by atoms with Crippen molar-refractivity contribution in [2.75, 3.05) is 0 Å². The summed E-state index contributed by atoms with van der Waals surface area (Å²) in [6.45, 7) is 15.1. The molecule has 2 rings (SSSR count). The van der Waals surface area contributed by atoms with Crippen molar-refractivity contribution in [3.63, 3.8) is 0 Å². The Morgan fingerprint density at radius 2 is 1.71 bits per heavy atom. The normalized spacial score (nSPS) is 21.2. The highest BCUT2D eigenvalue weighted by molar-refractivity contribution is 6.62. The fourth-order valence-electron chi connectivity index (χ4n) is 1.72. The minimum absolute atomic E-state index is 0.341. The summed E-state index contributed by atoms with van der Waals surface area (Å²) < 4.78 is 11.8. The largest absolute Gasteiger partial charge is 0.493 e. The lowest BCUT2D eigenvalue weighted by molar-refractivity contribution is 0.00578. The van der Waals surface area contributed by atoms with Crippen LogP contribution < -0.4 is 5.46 Å². The van der Waals surface area contributed by atoms with Gasteiger partial charge in [0, 0.05) is 0 Å². The zero-order valence-corrected chi connectivity index (χ0v) is 10.7. The molecule has 1 aliphatic heterocycles. The van der Waals surface area contributed by atoms with E-state index < -0.39 is 0 Å². The standard InChI is InChI=1S/C13H16BNO2/c1-12(2)13(3,4)17-14(16-12)10-7-6-8-11(9-10)15-5/h6-9H,1-4H3. The number of nitrogens with zero attached hydrogens (tertiary/aromatic N) is 1. The predicted octanol–water partition coefficient (Wildman–Crippen LogP) is 2.54. The summed E-state index contributed by atoms with van der Waals surface area (Å²) in [6, 6.07) is 7.38. The van der Waals surface area contributed by atoms with Crippen LogP contribution in [0, 0.1) is 6.57 Å². The summed E-state index contributed by atoms with van der Waals surface area (Å²) >= 11 is 0. The van der Waals surface area contributed by atoms with Crippen molar-refractivity contribution in [2.45, 2.75) is 38.9 Å². The van der Waals surface area contributed by atoms with Crippen molar-refractivity contribution < 1.29 is 9.31 Å². The first kappa shape index (κ1) is 12.2. The summed E-state index contributed by atoms with van der Waals surface area (Å²) in [4.78, 5) is 3.41. The van der Waals surface area contributed by atoms with Crippen LogP contribution in [0.15, 0.2) is 24.3 Å². The van der Waals surface area contributed by atoms with E-state index in [-0.39, 0.29) is 18.3 Å². The average Bonchev–Trinajstić information content (AvgIpc) is 2.48. The van der Waals surface area contributed by atoms with Gasteiger partial charge in [0.05, 0.1) is 17.8 Å². The monoisotopic (exact) mass is 229 g/mol. The molecule has 0 amide bonds. The molecular formula is C13H16BNO2. The molecule has 0 unspecified atom stereocenters. The van der Waals surface area contributed by atoms with Gasteiger partial charge in [-0.05, 0) is 33.2 Å². The Hall–Kier alpha value is -1.31. The lowest BCUT2D eigenvalue weighted by Gasteiger charge is -2.32. The minimum Gasteiger partial charge on any atom is -0.399 e. The molecule has 0 aliphatic carbocycles. The third-order valence-corrected chi connectivity index (χ3v) is 3.52. The fourth-order valence-corrected chi connectivity index (χ4v) is 1.72. The molecule has 1 saturated heterocycles. The maximum Gasteiger partial charge on any atom is 0.493 e. The highest BCUT2D eigenvalue weighted by Gasteiger charge is 2.51. The molecule has 4 heteroatoms. The number of hydrogen-bond donors (Lipinski definition) is 0. The second kappa shape index (κ2) is 3.87. The molecule has 0 aromatic heterocycles. The highest BCUT2D eigenvalue weighted by atomic mass is 16.7. The lowest BCUT2D eigenvalue weighted by atomic mass is 9.79. The van der Waals surface area contributed by atoms with E-state index >= 15 is 0 Å². The Kier molecular flexibility index (Phi) is 2.77. The van der Waals surface area contributed by atoms with Crippen LogP contribution in [0.25, 0.3) is 4.85 Å². The van der Waals surface area contributed by atoms with E-state index in [1.165, 1.54) is 0 Å². The molecule has 0 saturated carbocycles. The molecule has 0 N–H and O–H groups in total. The summed E-state index contributed by atoms with van der Waals surface area (Å²) in [7, 11) is -0.387. The quantitative estimate of drug-likeness (QED) is 0.545. The van der Waals surface area contributed by atoms with E-state index in [2.05, 4.69) is 4.85 Å².